The van der Waals surface area contributed by atoms with Crippen LogP contribution in [0.1, 0.15) is 45.7 Å². The van der Waals surface area contributed by atoms with Crippen molar-refractivity contribution >= 4 is 11.6 Å². The van der Waals surface area contributed by atoms with Crippen molar-refractivity contribution in [2.45, 2.75) is 46.2 Å². The van der Waals surface area contributed by atoms with Crippen LogP contribution in [0.2, 0.25) is 0 Å². The van der Waals surface area contributed by atoms with Crippen LogP contribution in [-0.2, 0) is 4.79 Å². The van der Waals surface area contributed by atoms with E-state index in [0.717, 1.165) is 5.69 Å². The molecule has 0 spiro atoms. The molecule has 0 aliphatic heterocycles. The number of benzene rings is 1. The van der Waals surface area contributed by atoms with Crippen LogP contribution >= 0.6 is 0 Å². The second kappa shape index (κ2) is 4.73. The molecule has 3 heteroatoms. The van der Waals surface area contributed by atoms with E-state index in [-0.39, 0.29) is 5.91 Å². The standard InChI is InChI=1S/C15H22N2O/c1-10(16-14-9-15(14,3)4)12-6-5-7-13(8-12)17-11(2)18/h5-8,10,14,16H,9H2,1-4H3,(H,17,18). The van der Waals surface area contributed by atoms with Gasteiger partial charge in [-0.1, -0.05) is 26.0 Å². The molecule has 1 saturated carbocycles. The first-order valence-electron chi connectivity index (χ1n) is 6.52. The maximum absolute atomic E-state index is 11.0. The Bertz CT molecular complexity index is 454. The van der Waals surface area contributed by atoms with Gasteiger partial charge in [-0.2, -0.15) is 0 Å². The van der Waals surface area contributed by atoms with Crippen LogP contribution in [0.3, 0.4) is 0 Å². The number of anilines is 1. The monoisotopic (exact) mass is 246 g/mol. The van der Waals surface area contributed by atoms with Gasteiger partial charge in [-0.15, -0.1) is 0 Å². The minimum Gasteiger partial charge on any atom is -0.326 e. The Morgan fingerprint density at radius 2 is 2.11 bits per heavy atom. The third kappa shape index (κ3) is 3.10. The summed E-state index contributed by atoms with van der Waals surface area (Å²) >= 11 is 0. The van der Waals surface area contributed by atoms with Gasteiger partial charge < -0.3 is 10.6 Å². The molecule has 1 aromatic rings. The summed E-state index contributed by atoms with van der Waals surface area (Å²) in [4.78, 5) is 11.0. The SMILES string of the molecule is CC(=O)Nc1cccc(C(C)NC2CC2(C)C)c1. The molecule has 0 saturated heterocycles. The van der Waals surface area contributed by atoms with E-state index in [1.165, 1.54) is 18.9 Å². The van der Waals surface area contributed by atoms with Gasteiger partial charge in [0, 0.05) is 24.7 Å². The van der Waals surface area contributed by atoms with E-state index in [0.29, 0.717) is 17.5 Å². The zero-order valence-electron chi connectivity index (χ0n) is 11.6. The lowest BCUT2D eigenvalue weighted by Crippen LogP contribution is -2.24. The van der Waals surface area contributed by atoms with Crippen LogP contribution in [-0.4, -0.2) is 11.9 Å². The van der Waals surface area contributed by atoms with E-state index in [1.54, 1.807) is 0 Å². The molecule has 1 aliphatic rings. The van der Waals surface area contributed by atoms with E-state index >= 15 is 0 Å². The zero-order valence-corrected chi connectivity index (χ0v) is 11.6. The van der Waals surface area contributed by atoms with Gasteiger partial charge in [-0.25, -0.2) is 0 Å². The number of rotatable bonds is 4. The highest BCUT2D eigenvalue weighted by Crippen LogP contribution is 2.45. The average molecular weight is 246 g/mol. The van der Waals surface area contributed by atoms with Gasteiger partial charge in [-0.3, -0.25) is 4.79 Å². The highest BCUT2D eigenvalue weighted by molar-refractivity contribution is 5.88. The number of nitrogens with one attached hydrogen (secondary N) is 2. The van der Waals surface area contributed by atoms with Crippen molar-refractivity contribution < 1.29 is 4.79 Å². The predicted octanol–water partition coefficient (Wildman–Crippen LogP) is 3.09. The summed E-state index contributed by atoms with van der Waals surface area (Å²) in [6.07, 6.45) is 1.24. The van der Waals surface area contributed by atoms with E-state index in [9.17, 15) is 4.79 Å². The second-order valence-electron chi connectivity index (χ2n) is 5.94. The summed E-state index contributed by atoms with van der Waals surface area (Å²) in [6.45, 7) is 8.26. The third-order valence-electron chi connectivity index (χ3n) is 3.67. The zero-order chi connectivity index (χ0) is 13.3. The summed E-state index contributed by atoms with van der Waals surface area (Å²) in [6, 6.07) is 8.95. The molecule has 3 nitrogen and oxygen atoms in total. The molecular weight excluding hydrogens is 224 g/mol. The van der Waals surface area contributed by atoms with Crippen LogP contribution in [0.15, 0.2) is 24.3 Å². The van der Waals surface area contributed by atoms with Crippen molar-refractivity contribution in [3.63, 3.8) is 0 Å². The molecule has 2 atom stereocenters. The molecule has 1 amide bonds. The summed E-state index contributed by atoms with van der Waals surface area (Å²) < 4.78 is 0. The number of hydrogen-bond acceptors (Lipinski definition) is 2. The van der Waals surface area contributed by atoms with Crippen molar-refractivity contribution in [2.75, 3.05) is 5.32 Å². The molecule has 0 radical (unpaired) electrons. The molecule has 1 fully saturated rings. The lowest BCUT2D eigenvalue weighted by Gasteiger charge is -2.16. The fourth-order valence-corrected chi connectivity index (χ4v) is 2.24. The molecule has 18 heavy (non-hydrogen) atoms. The van der Waals surface area contributed by atoms with Gasteiger partial charge in [0.1, 0.15) is 0 Å². The normalized spacial score (nSPS) is 22.3. The first-order valence-corrected chi connectivity index (χ1v) is 6.52. The Balaban J connectivity index is 2.01. The number of hydrogen-bond donors (Lipinski definition) is 2. The number of carbonyl (C=O) groups is 1. The first kappa shape index (κ1) is 13.1. The quantitative estimate of drug-likeness (QED) is 0.857. The van der Waals surface area contributed by atoms with Gasteiger partial charge in [0.05, 0.1) is 0 Å². The highest BCUT2D eigenvalue weighted by atomic mass is 16.1. The Morgan fingerprint density at radius 1 is 1.44 bits per heavy atom. The van der Waals surface area contributed by atoms with Crippen LogP contribution in [0.25, 0.3) is 0 Å². The maximum atomic E-state index is 11.0. The average Bonchev–Trinajstić information content (AvgIpc) is 2.85. The largest absolute Gasteiger partial charge is 0.326 e. The molecule has 0 heterocycles. The third-order valence-corrected chi connectivity index (χ3v) is 3.67. The van der Waals surface area contributed by atoms with E-state index in [1.807, 2.05) is 18.2 Å². The molecular formula is C15H22N2O. The van der Waals surface area contributed by atoms with Crippen LogP contribution in [0.4, 0.5) is 5.69 Å². The van der Waals surface area contributed by atoms with Gasteiger partial charge in [-0.05, 0) is 36.5 Å². The highest BCUT2D eigenvalue weighted by Gasteiger charge is 2.45. The molecule has 2 N–H and O–H groups in total. The Kier molecular flexibility index (Phi) is 3.44. The van der Waals surface area contributed by atoms with Crippen molar-refractivity contribution in [2.24, 2.45) is 5.41 Å². The van der Waals surface area contributed by atoms with E-state index in [2.05, 4.69) is 37.5 Å². The van der Waals surface area contributed by atoms with Crippen LogP contribution in [0.5, 0.6) is 0 Å². The first-order chi connectivity index (χ1) is 8.38. The van der Waals surface area contributed by atoms with Gasteiger partial charge in [0.2, 0.25) is 5.91 Å². The lowest BCUT2D eigenvalue weighted by molar-refractivity contribution is -0.114. The number of amides is 1. The Hall–Kier alpha value is -1.35. The second-order valence-corrected chi connectivity index (χ2v) is 5.94. The lowest BCUT2D eigenvalue weighted by atomic mass is 10.1. The fraction of sp³-hybridized carbons (Fsp3) is 0.533. The molecule has 1 aliphatic carbocycles. The summed E-state index contributed by atoms with van der Waals surface area (Å²) in [5, 5.41) is 6.45. The minimum absolute atomic E-state index is 0.0314. The van der Waals surface area contributed by atoms with Crippen molar-refractivity contribution in [3.05, 3.63) is 29.8 Å². The molecule has 0 bridgehead atoms. The number of carbonyl (C=O) groups excluding carboxylic acids is 1. The van der Waals surface area contributed by atoms with Crippen molar-refractivity contribution in [1.29, 1.82) is 0 Å². The Morgan fingerprint density at radius 3 is 2.67 bits per heavy atom. The van der Waals surface area contributed by atoms with Crippen molar-refractivity contribution in [3.8, 4) is 0 Å². The van der Waals surface area contributed by atoms with Crippen molar-refractivity contribution in [1.82, 2.24) is 5.32 Å². The molecule has 2 rings (SSSR count). The predicted molar refractivity (Wildman–Crippen MR) is 74.5 cm³/mol. The summed E-state index contributed by atoms with van der Waals surface area (Å²) in [5.41, 5.74) is 2.51. The Labute approximate surface area is 109 Å². The van der Waals surface area contributed by atoms with Gasteiger partial charge in [0.25, 0.3) is 0 Å². The molecule has 1 aromatic carbocycles. The molecule has 2 unspecified atom stereocenters. The summed E-state index contributed by atoms with van der Waals surface area (Å²) in [7, 11) is 0. The van der Waals surface area contributed by atoms with Gasteiger partial charge in [0.15, 0.2) is 0 Å². The maximum Gasteiger partial charge on any atom is 0.221 e. The summed E-state index contributed by atoms with van der Waals surface area (Å²) in [5.74, 6) is -0.0314. The van der Waals surface area contributed by atoms with E-state index in [4.69, 9.17) is 0 Å². The topological polar surface area (TPSA) is 41.1 Å². The van der Waals surface area contributed by atoms with Crippen LogP contribution < -0.4 is 10.6 Å². The fourth-order valence-electron chi connectivity index (χ4n) is 2.24. The minimum atomic E-state index is -0.0314. The van der Waals surface area contributed by atoms with Crippen LogP contribution in [0, 0.1) is 5.41 Å². The van der Waals surface area contributed by atoms with E-state index < -0.39 is 0 Å². The van der Waals surface area contributed by atoms with Gasteiger partial charge >= 0.3 is 0 Å². The molecule has 98 valence electrons. The molecule has 0 aromatic heterocycles. The smallest absolute Gasteiger partial charge is 0.221 e.